The third-order valence-electron chi connectivity index (χ3n) is 5.24. The molecular weight excluding hydrogens is 378 g/mol. The summed E-state index contributed by atoms with van der Waals surface area (Å²) >= 11 is 0. The Morgan fingerprint density at radius 3 is 2.28 bits per heavy atom. The summed E-state index contributed by atoms with van der Waals surface area (Å²) in [6.45, 7) is 5.23. The van der Waals surface area contributed by atoms with Crippen molar-refractivity contribution in [3.8, 4) is 0 Å². The van der Waals surface area contributed by atoms with E-state index in [2.05, 4.69) is 10.6 Å². The Morgan fingerprint density at radius 2 is 1.62 bits per heavy atom. The minimum atomic E-state index is -0.389. The second kappa shape index (κ2) is 9.58. The molecule has 1 saturated heterocycles. The molecule has 6 nitrogen and oxygen atoms in total. The maximum Gasteiger partial charge on any atom is 0.282 e. The molecule has 0 spiro atoms. The van der Waals surface area contributed by atoms with Gasteiger partial charge in [0.05, 0.1) is 0 Å². The molecule has 29 heavy (non-hydrogen) atoms. The number of halogens is 2. The molecule has 1 atom stereocenters. The predicted octanol–water partition coefficient (Wildman–Crippen LogP) is -0.286. The minimum Gasteiger partial charge on any atom is -0.321 e. The van der Waals surface area contributed by atoms with Crippen LogP contribution in [0.25, 0.3) is 0 Å². The minimum absolute atomic E-state index is 0.112. The topological polar surface area (TPSA) is 67.1 Å². The summed E-state index contributed by atoms with van der Waals surface area (Å²) in [6, 6.07) is 11.3. The number of rotatable bonds is 6. The Hall–Kier alpha value is -2.84. The van der Waals surface area contributed by atoms with Gasteiger partial charge in [-0.1, -0.05) is 6.07 Å². The fourth-order valence-corrected chi connectivity index (χ4v) is 3.50. The van der Waals surface area contributed by atoms with Crippen LogP contribution in [-0.2, 0) is 9.59 Å². The monoisotopic (exact) mass is 404 g/mol. The van der Waals surface area contributed by atoms with Gasteiger partial charge in [-0.15, -0.1) is 0 Å². The van der Waals surface area contributed by atoms with Crippen LogP contribution in [0.15, 0.2) is 48.5 Å². The molecule has 0 radical (unpaired) electrons. The molecule has 0 saturated carbocycles. The van der Waals surface area contributed by atoms with Crippen LogP contribution < -0.4 is 20.4 Å². The van der Waals surface area contributed by atoms with Crippen molar-refractivity contribution in [2.45, 2.75) is 13.0 Å². The highest BCUT2D eigenvalue weighted by Gasteiger charge is 2.31. The number of nitrogens with one attached hydrogen (secondary N) is 4. The number of hydrogen-bond donors (Lipinski definition) is 4. The van der Waals surface area contributed by atoms with E-state index in [1.54, 1.807) is 12.1 Å². The fourth-order valence-electron chi connectivity index (χ4n) is 3.50. The number of piperazine rings is 1. The number of quaternary nitrogens is 2. The molecule has 4 N–H and O–H groups in total. The molecule has 1 aliphatic rings. The van der Waals surface area contributed by atoms with Crippen molar-refractivity contribution in [1.29, 1.82) is 0 Å². The summed E-state index contributed by atoms with van der Waals surface area (Å²) in [6.07, 6.45) is 0. The van der Waals surface area contributed by atoms with Crippen LogP contribution in [-0.4, -0.2) is 50.6 Å². The van der Waals surface area contributed by atoms with Crippen LogP contribution in [0.1, 0.15) is 6.92 Å². The lowest BCUT2D eigenvalue weighted by atomic mass is 10.2. The average molecular weight is 404 g/mol. The standard InChI is InChI=1S/C21H24F2N4O2/c1-15(21(29)25-18-7-5-16(22)6-8-18)27-11-9-26(10-12-27)14-20(28)24-19-4-2-3-17(23)13-19/h2-8,13,15H,9-12,14H2,1H3,(H,24,28)(H,25,29)/p+2/t15-/m0/s1. The van der Waals surface area contributed by atoms with Gasteiger partial charge in [-0.2, -0.15) is 0 Å². The Labute approximate surface area is 168 Å². The van der Waals surface area contributed by atoms with E-state index in [1.165, 1.54) is 36.4 Å². The van der Waals surface area contributed by atoms with Gasteiger partial charge in [0.25, 0.3) is 11.8 Å². The van der Waals surface area contributed by atoms with Gasteiger partial charge in [-0.3, -0.25) is 9.59 Å². The Bertz CT molecular complexity index is 852. The summed E-state index contributed by atoms with van der Waals surface area (Å²) in [7, 11) is 0. The molecular formula is C21H26F2N4O2+2. The van der Waals surface area contributed by atoms with Crippen molar-refractivity contribution in [3.05, 3.63) is 60.2 Å². The van der Waals surface area contributed by atoms with Gasteiger partial charge < -0.3 is 20.4 Å². The van der Waals surface area contributed by atoms with Gasteiger partial charge in [0, 0.05) is 11.4 Å². The lowest BCUT2D eigenvalue weighted by molar-refractivity contribution is -1.01. The number of benzene rings is 2. The third-order valence-corrected chi connectivity index (χ3v) is 5.24. The second-order valence-electron chi connectivity index (χ2n) is 7.36. The summed E-state index contributed by atoms with van der Waals surface area (Å²) in [5.41, 5.74) is 1.02. The molecule has 0 bridgehead atoms. The van der Waals surface area contributed by atoms with Gasteiger partial charge in [0.2, 0.25) is 0 Å². The van der Waals surface area contributed by atoms with Crippen LogP contribution >= 0.6 is 0 Å². The van der Waals surface area contributed by atoms with Crippen LogP contribution in [0.2, 0.25) is 0 Å². The van der Waals surface area contributed by atoms with Crippen molar-refractivity contribution < 1.29 is 28.2 Å². The first kappa shape index (κ1) is 20.9. The zero-order chi connectivity index (χ0) is 20.8. The third kappa shape index (κ3) is 6.07. The first-order valence-electron chi connectivity index (χ1n) is 9.70. The van der Waals surface area contributed by atoms with Gasteiger partial charge in [0.15, 0.2) is 12.6 Å². The lowest BCUT2D eigenvalue weighted by Crippen LogP contribution is -3.30. The maximum absolute atomic E-state index is 13.2. The van der Waals surface area contributed by atoms with Gasteiger partial charge in [-0.05, 0) is 49.4 Å². The van der Waals surface area contributed by atoms with Crippen LogP contribution in [0.3, 0.4) is 0 Å². The number of hydrogen-bond acceptors (Lipinski definition) is 2. The SMILES string of the molecule is C[C@@H](C(=O)Nc1ccc(F)cc1)[NH+]1CC[NH+](CC(=O)Nc2cccc(F)c2)CC1. The summed E-state index contributed by atoms with van der Waals surface area (Å²) in [5, 5.41) is 5.53. The quantitative estimate of drug-likeness (QED) is 0.535. The highest BCUT2D eigenvalue weighted by atomic mass is 19.1. The average Bonchev–Trinajstić information content (AvgIpc) is 2.69. The van der Waals surface area contributed by atoms with Crippen LogP contribution in [0.5, 0.6) is 0 Å². The molecule has 2 aromatic carbocycles. The molecule has 2 aromatic rings. The largest absolute Gasteiger partial charge is 0.321 e. The van der Waals surface area contributed by atoms with Crippen molar-refractivity contribution in [3.63, 3.8) is 0 Å². The van der Waals surface area contributed by atoms with Crippen molar-refractivity contribution >= 4 is 23.2 Å². The molecule has 154 valence electrons. The molecule has 0 aromatic heterocycles. The molecule has 0 aliphatic carbocycles. The summed E-state index contributed by atoms with van der Waals surface area (Å²) < 4.78 is 26.2. The second-order valence-corrected chi connectivity index (χ2v) is 7.36. The Balaban J connectivity index is 1.43. The van der Waals surface area contributed by atoms with Crippen molar-refractivity contribution in [2.75, 3.05) is 43.4 Å². The fraction of sp³-hybridized carbons (Fsp3) is 0.333. The highest BCUT2D eigenvalue weighted by molar-refractivity contribution is 5.93. The van der Waals surface area contributed by atoms with E-state index in [0.29, 0.717) is 17.9 Å². The van der Waals surface area contributed by atoms with E-state index < -0.39 is 0 Å². The van der Waals surface area contributed by atoms with Gasteiger partial charge in [-0.25, -0.2) is 8.78 Å². The van der Waals surface area contributed by atoms with Crippen molar-refractivity contribution in [1.82, 2.24) is 0 Å². The molecule has 1 fully saturated rings. The first-order chi connectivity index (χ1) is 13.9. The predicted molar refractivity (Wildman–Crippen MR) is 106 cm³/mol. The summed E-state index contributed by atoms with van der Waals surface area (Å²) in [5.74, 6) is -1.00. The molecule has 1 aliphatic heterocycles. The zero-order valence-electron chi connectivity index (χ0n) is 16.3. The van der Waals surface area contributed by atoms with E-state index in [9.17, 15) is 18.4 Å². The number of carbonyl (C=O) groups excluding carboxylic acids is 2. The number of amides is 2. The van der Waals surface area contributed by atoms with E-state index in [1.807, 2.05) is 6.92 Å². The lowest BCUT2D eigenvalue weighted by Gasteiger charge is -2.32. The van der Waals surface area contributed by atoms with Crippen molar-refractivity contribution in [2.24, 2.45) is 0 Å². The Kier molecular flexibility index (Phi) is 6.90. The molecule has 8 heteroatoms. The molecule has 3 rings (SSSR count). The zero-order valence-corrected chi connectivity index (χ0v) is 16.3. The Morgan fingerprint density at radius 1 is 0.931 bits per heavy atom. The first-order valence-corrected chi connectivity index (χ1v) is 9.70. The smallest absolute Gasteiger partial charge is 0.282 e. The van der Waals surface area contributed by atoms with E-state index in [4.69, 9.17) is 0 Å². The summed E-state index contributed by atoms with van der Waals surface area (Å²) in [4.78, 5) is 26.9. The van der Waals surface area contributed by atoms with E-state index in [0.717, 1.165) is 36.0 Å². The molecule has 1 heterocycles. The van der Waals surface area contributed by atoms with Crippen LogP contribution in [0.4, 0.5) is 20.2 Å². The normalized spacial score (nSPS) is 20.0. The van der Waals surface area contributed by atoms with Crippen LogP contribution in [0, 0.1) is 11.6 Å². The van der Waals surface area contributed by atoms with E-state index >= 15 is 0 Å². The highest BCUT2D eigenvalue weighted by Crippen LogP contribution is 2.09. The number of anilines is 2. The maximum atomic E-state index is 13.2. The number of carbonyl (C=O) groups is 2. The molecule has 2 amide bonds. The van der Waals surface area contributed by atoms with Gasteiger partial charge >= 0.3 is 0 Å². The molecule has 0 unspecified atom stereocenters. The van der Waals surface area contributed by atoms with E-state index in [-0.39, 0.29) is 29.5 Å². The van der Waals surface area contributed by atoms with Gasteiger partial charge in [0.1, 0.15) is 37.8 Å².